The number of halogens is 1. The summed E-state index contributed by atoms with van der Waals surface area (Å²) in [6.45, 7) is 1.28. The highest BCUT2D eigenvalue weighted by molar-refractivity contribution is 5.80. The molecule has 0 fully saturated rings. The van der Waals surface area contributed by atoms with Crippen LogP contribution in [0.15, 0.2) is 12.3 Å². The zero-order valence-corrected chi connectivity index (χ0v) is 7.49. The number of anilines is 1. The fourth-order valence-corrected chi connectivity index (χ4v) is 0.873. The van der Waals surface area contributed by atoms with E-state index in [1.54, 1.807) is 0 Å². The molecule has 76 valence electrons. The van der Waals surface area contributed by atoms with E-state index < -0.39 is 17.5 Å². The van der Waals surface area contributed by atoms with Gasteiger partial charge in [-0.05, 0) is 13.0 Å². The van der Waals surface area contributed by atoms with Crippen LogP contribution >= 0.6 is 0 Å². The van der Waals surface area contributed by atoms with Gasteiger partial charge in [-0.25, -0.2) is 9.78 Å². The van der Waals surface area contributed by atoms with Crippen LogP contribution in [0.2, 0.25) is 0 Å². The molecule has 1 atom stereocenters. The lowest BCUT2D eigenvalue weighted by atomic mass is 9.95. The second-order valence-electron chi connectivity index (χ2n) is 3.11. The van der Waals surface area contributed by atoms with Crippen molar-refractivity contribution in [2.24, 2.45) is 5.73 Å². The number of aromatic nitrogens is 1. The number of carboxylic acid groups (broad SMARTS) is 1. The van der Waals surface area contributed by atoms with Crippen LogP contribution in [0.4, 0.5) is 10.1 Å². The second kappa shape index (κ2) is 3.22. The van der Waals surface area contributed by atoms with Gasteiger partial charge < -0.3 is 16.6 Å². The molecular weight excluding hydrogens is 189 g/mol. The van der Waals surface area contributed by atoms with Crippen molar-refractivity contribution >= 4 is 11.7 Å². The van der Waals surface area contributed by atoms with E-state index in [0.717, 1.165) is 12.3 Å². The predicted octanol–water partition coefficient (Wildman–Crippen LogP) is 0.0614. The summed E-state index contributed by atoms with van der Waals surface area (Å²) in [4.78, 5) is 14.0. The van der Waals surface area contributed by atoms with Gasteiger partial charge in [-0.2, -0.15) is 4.39 Å². The summed E-state index contributed by atoms with van der Waals surface area (Å²) in [6, 6.07) is 1.16. The summed E-state index contributed by atoms with van der Waals surface area (Å²) in [5, 5.41) is 8.77. The molecule has 6 heteroatoms. The Morgan fingerprint density at radius 3 is 2.71 bits per heavy atom. The minimum atomic E-state index is -1.62. The van der Waals surface area contributed by atoms with Gasteiger partial charge in [0, 0.05) is 11.8 Å². The molecule has 0 spiro atoms. The van der Waals surface area contributed by atoms with Gasteiger partial charge in [0.2, 0.25) is 5.95 Å². The molecule has 0 aliphatic heterocycles. The van der Waals surface area contributed by atoms with Gasteiger partial charge in [0.05, 0.1) is 5.69 Å². The summed E-state index contributed by atoms with van der Waals surface area (Å²) in [5.41, 5.74) is 9.03. The third kappa shape index (κ3) is 1.64. The average Bonchev–Trinajstić information content (AvgIpc) is 2.09. The largest absolute Gasteiger partial charge is 0.480 e. The standard InChI is InChI=1S/C8H10FN3O2/c1-8(11,7(13)14)4-2-5(10)6(9)12-3-4/h2-3H,10-11H2,1H3,(H,13,14)/t8-/m1/s1. The van der Waals surface area contributed by atoms with Crippen molar-refractivity contribution in [1.29, 1.82) is 0 Å². The van der Waals surface area contributed by atoms with Gasteiger partial charge in [0.1, 0.15) is 5.54 Å². The Bertz CT molecular complexity index is 379. The van der Waals surface area contributed by atoms with Crippen LogP contribution in [0.5, 0.6) is 0 Å². The third-order valence-electron chi connectivity index (χ3n) is 1.91. The molecule has 0 aliphatic carbocycles. The van der Waals surface area contributed by atoms with E-state index in [0.29, 0.717) is 0 Å². The van der Waals surface area contributed by atoms with E-state index in [2.05, 4.69) is 4.98 Å². The molecular formula is C8H10FN3O2. The Hall–Kier alpha value is -1.69. The minimum Gasteiger partial charge on any atom is -0.480 e. The van der Waals surface area contributed by atoms with E-state index in [9.17, 15) is 9.18 Å². The molecule has 0 radical (unpaired) electrons. The van der Waals surface area contributed by atoms with E-state index in [1.165, 1.54) is 6.92 Å². The van der Waals surface area contributed by atoms with Gasteiger partial charge in [-0.15, -0.1) is 0 Å². The number of hydrogen-bond donors (Lipinski definition) is 3. The zero-order valence-electron chi connectivity index (χ0n) is 7.49. The number of nitrogens with zero attached hydrogens (tertiary/aromatic N) is 1. The quantitative estimate of drug-likeness (QED) is 0.584. The number of nitrogen functional groups attached to an aromatic ring is 1. The number of pyridine rings is 1. The number of carbonyl (C=O) groups is 1. The molecule has 1 aromatic rings. The van der Waals surface area contributed by atoms with Crippen molar-refractivity contribution in [3.05, 3.63) is 23.8 Å². The van der Waals surface area contributed by atoms with Crippen molar-refractivity contribution in [3.8, 4) is 0 Å². The van der Waals surface area contributed by atoms with Gasteiger partial charge in [0.15, 0.2) is 0 Å². The highest BCUT2D eigenvalue weighted by Crippen LogP contribution is 2.20. The lowest BCUT2D eigenvalue weighted by Crippen LogP contribution is -2.41. The molecule has 0 amide bonds. The van der Waals surface area contributed by atoms with E-state index in [-0.39, 0.29) is 11.3 Å². The number of nitrogens with two attached hydrogens (primary N) is 2. The molecule has 0 saturated heterocycles. The molecule has 5 nitrogen and oxygen atoms in total. The third-order valence-corrected chi connectivity index (χ3v) is 1.91. The van der Waals surface area contributed by atoms with Crippen LogP contribution < -0.4 is 11.5 Å². The van der Waals surface area contributed by atoms with Gasteiger partial charge in [-0.3, -0.25) is 0 Å². The van der Waals surface area contributed by atoms with Crippen molar-refractivity contribution < 1.29 is 14.3 Å². The number of hydrogen-bond acceptors (Lipinski definition) is 4. The Kier molecular flexibility index (Phi) is 2.39. The van der Waals surface area contributed by atoms with Crippen molar-refractivity contribution in [2.45, 2.75) is 12.5 Å². The zero-order chi connectivity index (χ0) is 10.9. The van der Waals surface area contributed by atoms with Crippen LogP contribution in [-0.4, -0.2) is 16.1 Å². The average molecular weight is 199 g/mol. The molecule has 0 aliphatic rings. The first kappa shape index (κ1) is 10.4. The summed E-state index contributed by atoms with van der Waals surface area (Å²) in [7, 11) is 0. The lowest BCUT2D eigenvalue weighted by molar-refractivity contribution is -0.143. The maximum absolute atomic E-state index is 12.7. The first-order chi connectivity index (χ1) is 6.35. The summed E-state index contributed by atoms with van der Waals surface area (Å²) < 4.78 is 12.7. The smallest absolute Gasteiger partial charge is 0.328 e. The molecule has 0 unspecified atom stereocenters. The monoisotopic (exact) mass is 199 g/mol. The highest BCUT2D eigenvalue weighted by Gasteiger charge is 2.31. The number of carboxylic acids is 1. The summed E-state index contributed by atoms with van der Waals surface area (Å²) in [6.07, 6.45) is 1.06. The fraction of sp³-hybridized carbons (Fsp3) is 0.250. The molecule has 0 bridgehead atoms. The molecule has 0 saturated carbocycles. The van der Waals surface area contributed by atoms with Crippen LogP contribution in [0, 0.1) is 5.95 Å². The topological polar surface area (TPSA) is 102 Å². The number of aliphatic carboxylic acids is 1. The first-order valence-electron chi connectivity index (χ1n) is 3.79. The maximum atomic E-state index is 12.7. The Balaban J connectivity index is 3.21. The predicted molar refractivity (Wildman–Crippen MR) is 47.8 cm³/mol. The molecule has 14 heavy (non-hydrogen) atoms. The summed E-state index contributed by atoms with van der Waals surface area (Å²) >= 11 is 0. The molecule has 1 rings (SSSR count). The van der Waals surface area contributed by atoms with E-state index in [4.69, 9.17) is 16.6 Å². The Labute approximate surface area is 79.5 Å². The van der Waals surface area contributed by atoms with Gasteiger partial charge in [-0.1, -0.05) is 0 Å². The number of rotatable bonds is 2. The first-order valence-corrected chi connectivity index (χ1v) is 3.79. The Morgan fingerprint density at radius 1 is 1.71 bits per heavy atom. The molecule has 0 aromatic carbocycles. The van der Waals surface area contributed by atoms with Crippen LogP contribution in [-0.2, 0) is 10.3 Å². The maximum Gasteiger partial charge on any atom is 0.328 e. The van der Waals surface area contributed by atoms with Crippen LogP contribution in [0.1, 0.15) is 12.5 Å². The normalized spacial score (nSPS) is 14.8. The van der Waals surface area contributed by atoms with Crippen LogP contribution in [0.3, 0.4) is 0 Å². The Morgan fingerprint density at radius 2 is 2.29 bits per heavy atom. The van der Waals surface area contributed by atoms with Gasteiger partial charge >= 0.3 is 5.97 Å². The SMILES string of the molecule is C[C@](N)(C(=O)O)c1cnc(F)c(N)c1. The summed E-state index contributed by atoms with van der Waals surface area (Å²) in [5.74, 6) is -2.07. The second-order valence-corrected chi connectivity index (χ2v) is 3.11. The minimum absolute atomic E-state index is 0.156. The van der Waals surface area contributed by atoms with E-state index in [1.807, 2.05) is 0 Å². The molecule has 1 heterocycles. The van der Waals surface area contributed by atoms with Crippen LogP contribution in [0.25, 0.3) is 0 Å². The van der Waals surface area contributed by atoms with Crippen molar-refractivity contribution in [2.75, 3.05) is 5.73 Å². The molecule has 1 aromatic heterocycles. The molecule has 5 N–H and O–H groups in total. The van der Waals surface area contributed by atoms with Crippen molar-refractivity contribution in [3.63, 3.8) is 0 Å². The fourth-order valence-electron chi connectivity index (χ4n) is 0.873. The lowest BCUT2D eigenvalue weighted by Gasteiger charge is -2.19. The van der Waals surface area contributed by atoms with E-state index >= 15 is 0 Å². The highest BCUT2D eigenvalue weighted by atomic mass is 19.1. The van der Waals surface area contributed by atoms with Crippen molar-refractivity contribution in [1.82, 2.24) is 4.98 Å². The van der Waals surface area contributed by atoms with Gasteiger partial charge in [0.25, 0.3) is 0 Å².